The van der Waals surface area contributed by atoms with Crippen LogP contribution in [0.15, 0.2) is 12.2 Å². The van der Waals surface area contributed by atoms with Crippen LogP contribution in [-0.4, -0.2) is 66.3 Å². The molecule has 0 aromatic heterocycles. The summed E-state index contributed by atoms with van der Waals surface area (Å²) >= 11 is 0. The Morgan fingerprint density at radius 1 is 1.09 bits per heavy atom. The lowest BCUT2D eigenvalue weighted by Crippen LogP contribution is -2.53. The summed E-state index contributed by atoms with van der Waals surface area (Å²) in [6.07, 6.45) is 7.95. The molecule has 0 aromatic carbocycles. The zero-order chi connectivity index (χ0) is 16.8. The Morgan fingerprint density at radius 2 is 1.77 bits per heavy atom. The molecule has 22 heavy (non-hydrogen) atoms. The zero-order valence-corrected chi connectivity index (χ0v) is 15.2. The molecule has 4 heteroatoms. The van der Waals surface area contributed by atoms with Crippen LogP contribution in [0.5, 0.6) is 0 Å². The molecule has 0 atom stereocenters. The van der Waals surface area contributed by atoms with Gasteiger partial charge in [0, 0.05) is 13.0 Å². The number of amides is 1. The molecule has 0 aromatic rings. The lowest BCUT2D eigenvalue weighted by Gasteiger charge is -2.38. The number of likely N-dealkylation sites (N-methyl/N-ethyl adjacent to an activating group) is 2. The molecular weight excluding hydrogens is 276 g/mol. The highest BCUT2D eigenvalue weighted by Gasteiger charge is 2.24. The monoisotopic (exact) mass is 313 g/mol. The maximum atomic E-state index is 12.3. The van der Waals surface area contributed by atoms with Crippen LogP contribution in [0.1, 0.15) is 53.4 Å². The molecule has 0 rings (SSSR count). The number of rotatable bonds is 13. The predicted molar refractivity (Wildman–Crippen MR) is 93.7 cm³/mol. The maximum absolute atomic E-state index is 12.3. The highest BCUT2D eigenvalue weighted by Crippen LogP contribution is 2.08. The third kappa shape index (κ3) is 7.95. The first kappa shape index (κ1) is 21.1. The first-order chi connectivity index (χ1) is 10.6. The second-order valence-corrected chi connectivity index (χ2v) is 5.89. The van der Waals surface area contributed by atoms with Gasteiger partial charge in [0.15, 0.2) is 0 Å². The average molecular weight is 314 g/mol. The van der Waals surface area contributed by atoms with E-state index in [1.807, 2.05) is 11.8 Å². The minimum Gasteiger partial charge on any atom is -0.391 e. The van der Waals surface area contributed by atoms with Gasteiger partial charge in [0.05, 0.1) is 32.8 Å². The summed E-state index contributed by atoms with van der Waals surface area (Å²) in [6.45, 7) is 14.0. The van der Waals surface area contributed by atoms with Gasteiger partial charge in [0.25, 0.3) is 0 Å². The second kappa shape index (κ2) is 12.7. The lowest BCUT2D eigenvalue weighted by molar-refractivity contribution is -0.924. The molecule has 0 aliphatic heterocycles. The Balaban J connectivity index is 4.33. The Kier molecular flexibility index (Phi) is 12.2. The van der Waals surface area contributed by atoms with Crippen LogP contribution in [0.2, 0.25) is 0 Å². The van der Waals surface area contributed by atoms with Gasteiger partial charge in [-0.1, -0.05) is 19.1 Å². The van der Waals surface area contributed by atoms with Crippen molar-refractivity contribution in [2.75, 3.05) is 45.9 Å². The summed E-state index contributed by atoms with van der Waals surface area (Å²) in [5.41, 5.74) is 0. The standard InChI is InChI=1S/C18H37N2O2/c1-5-9-10-11-12-13-18(22)19(6-2)14-15-20(7-3,8-4)16-17-21/h9-10,21H,5-8,11-17H2,1-4H3/q+1/b10-9+. The molecule has 0 aliphatic carbocycles. The van der Waals surface area contributed by atoms with Crippen LogP contribution in [0.25, 0.3) is 0 Å². The molecule has 0 saturated heterocycles. The van der Waals surface area contributed by atoms with Crippen molar-refractivity contribution in [1.82, 2.24) is 4.90 Å². The van der Waals surface area contributed by atoms with E-state index in [1.54, 1.807) is 0 Å². The molecule has 4 nitrogen and oxygen atoms in total. The van der Waals surface area contributed by atoms with E-state index in [0.29, 0.717) is 6.42 Å². The van der Waals surface area contributed by atoms with Gasteiger partial charge >= 0.3 is 0 Å². The van der Waals surface area contributed by atoms with Gasteiger partial charge in [0.2, 0.25) is 5.91 Å². The fourth-order valence-electron chi connectivity index (χ4n) is 2.79. The quantitative estimate of drug-likeness (QED) is 0.323. The van der Waals surface area contributed by atoms with Gasteiger partial charge in [-0.3, -0.25) is 4.79 Å². The zero-order valence-electron chi connectivity index (χ0n) is 15.2. The Morgan fingerprint density at radius 3 is 2.27 bits per heavy atom. The van der Waals surface area contributed by atoms with Crippen molar-refractivity contribution in [3.63, 3.8) is 0 Å². The Hall–Kier alpha value is -0.870. The molecular formula is C18H37N2O2+. The van der Waals surface area contributed by atoms with Crippen LogP contribution >= 0.6 is 0 Å². The first-order valence-electron chi connectivity index (χ1n) is 8.97. The molecule has 0 fully saturated rings. The van der Waals surface area contributed by atoms with Gasteiger partial charge in [-0.2, -0.15) is 0 Å². The van der Waals surface area contributed by atoms with Crippen LogP contribution in [0.3, 0.4) is 0 Å². The van der Waals surface area contributed by atoms with E-state index in [2.05, 4.69) is 32.9 Å². The van der Waals surface area contributed by atoms with Gasteiger partial charge < -0.3 is 14.5 Å². The fourth-order valence-corrected chi connectivity index (χ4v) is 2.79. The van der Waals surface area contributed by atoms with Crippen LogP contribution in [0.4, 0.5) is 0 Å². The van der Waals surface area contributed by atoms with E-state index < -0.39 is 0 Å². The Labute approximate surface area is 137 Å². The second-order valence-electron chi connectivity index (χ2n) is 5.89. The molecule has 1 amide bonds. The number of hydrogen-bond donors (Lipinski definition) is 1. The van der Waals surface area contributed by atoms with E-state index in [4.69, 9.17) is 0 Å². The minimum absolute atomic E-state index is 0.214. The first-order valence-corrected chi connectivity index (χ1v) is 8.97. The van der Waals surface area contributed by atoms with E-state index in [9.17, 15) is 9.90 Å². The molecule has 0 bridgehead atoms. The highest BCUT2D eigenvalue weighted by molar-refractivity contribution is 5.76. The Bertz CT molecular complexity index is 312. The van der Waals surface area contributed by atoms with Crippen molar-refractivity contribution in [2.45, 2.75) is 53.4 Å². The summed E-state index contributed by atoms with van der Waals surface area (Å²) in [4.78, 5) is 14.3. The number of aliphatic hydroxyl groups excluding tert-OH is 1. The predicted octanol–water partition coefficient (Wildman–Crippen LogP) is 2.82. The number of quaternary nitrogens is 1. The van der Waals surface area contributed by atoms with Crippen LogP contribution in [-0.2, 0) is 4.79 Å². The van der Waals surface area contributed by atoms with E-state index in [-0.39, 0.29) is 12.5 Å². The molecule has 1 N–H and O–H groups in total. The van der Waals surface area contributed by atoms with Gasteiger partial charge in [-0.25, -0.2) is 0 Å². The maximum Gasteiger partial charge on any atom is 0.222 e. The van der Waals surface area contributed by atoms with Crippen LogP contribution in [0, 0.1) is 0 Å². The number of nitrogens with zero attached hydrogens (tertiary/aromatic N) is 2. The number of carbonyl (C=O) groups is 1. The number of carbonyl (C=O) groups excluding carboxylic acids is 1. The smallest absolute Gasteiger partial charge is 0.222 e. The summed E-state index contributed by atoms with van der Waals surface area (Å²) < 4.78 is 0.888. The summed E-state index contributed by atoms with van der Waals surface area (Å²) in [6, 6.07) is 0. The molecule has 130 valence electrons. The third-order valence-electron chi connectivity index (χ3n) is 4.66. The third-order valence-corrected chi connectivity index (χ3v) is 4.66. The van der Waals surface area contributed by atoms with Crippen molar-refractivity contribution in [3.05, 3.63) is 12.2 Å². The van der Waals surface area contributed by atoms with Gasteiger partial charge in [-0.05, 0) is 40.0 Å². The SMILES string of the molecule is CC/C=C/CCCC(=O)N(CC)CC[N+](CC)(CC)CCO. The number of aliphatic hydroxyl groups is 1. The largest absolute Gasteiger partial charge is 0.391 e. The molecule has 0 saturated carbocycles. The highest BCUT2D eigenvalue weighted by atomic mass is 16.3. The van der Waals surface area contributed by atoms with Crippen molar-refractivity contribution in [2.24, 2.45) is 0 Å². The summed E-state index contributed by atoms with van der Waals surface area (Å²) in [7, 11) is 0. The minimum atomic E-state index is 0.214. The molecule has 0 heterocycles. The number of allylic oxidation sites excluding steroid dienone is 2. The van der Waals surface area contributed by atoms with Crippen molar-refractivity contribution < 1.29 is 14.4 Å². The van der Waals surface area contributed by atoms with Gasteiger partial charge in [-0.15, -0.1) is 0 Å². The molecule has 0 spiro atoms. The normalized spacial score (nSPS) is 12.0. The molecule has 0 radical (unpaired) electrons. The topological polar surface area (TPSA) is 40.5 Å². The average Bonchev–Trinajstić information content (AvgIpc) is 2.54. The van der Waals surface area contributed by atoms with E-state index >= 15 is 0 Å². The summed E-state index contributed by atoms with van der Waals surface area (Å²) in [5, 5.41) is 9.28. The van der Waals surface area contributed by atoms with Crippen molar-refractivity contribution >= 4 is 5.91 Å². The number of hydrogen-bond acceptors (Lipinski definition) is 2. The van der Waals surface area contributed by atoms with E-state index in [0.717, 1.165) is 63.0 Å². The van der Waals surface area contributed by atoms with Crippen molar-refractivity contribution in [1.29, 1.82) is 0 Å². The fraction of sp³-hybridized carbons (Fsp3) is 0.833. The summed E-state index contributed by atoms with van der Waals surface area (Å²) in [5.74, 6) is 0.265. The number of unbranched alkanes of at least 4 members (excludes halogenated alkanes) is 1. The lowest BCUT2D eigenvalue weighted by atomic mass is 10.2. The van der Waals surface area contributed by atoms with Gasteiger partial charge in [0.1, 0.15) is 6.54 Å². The van der Waals surface area contributed by atoms with Crippen molar-refractivity contribution in [3.8, 4) is 0 Å². The van der Waals surface area contributed by atoms with Crippen LogP contribution < -0.4 is 0 Å². The van der Waals surface area contributed by atoms with E-state index in [1.165, 1.54) is 0 Å². The molecule has 0 unspecified atom stereocenters. The molecule has 0 aliphatic rings.